The SMILES string of the molecule is CC(=O)N1C(C)(C)CC2(CC1(C)C)OC1(CCCCCCCCCCC1)N(CC(CN1C(=O)C3(CC(C)(C)N(C(C)=O)C(C)(C)C3)OC13CCCCCCCCCCC3)O[Si](C)(C)C)C2=O. The zero-order chi connectivity index (χ0) is 48.6. The number of hydrogen-bond acceptors (Lipinski definition) is 7. The molecule has 11 nitrogen and oxygen atoms in total. The summed E-state index contributed by atoms with van der Waals surface area (Å²) in [6, 6.07) is 0. The molecule has 0 atom stereocenters. The quantitative estimate of drug-likeness (QED) is 0.244. The lowest BCUT2D eigenvalue weighted by molar-refractivity contribution is -0.204. The Morgan fingerprint density at radius 2 is 0.727 bits per heavy atom. The first-order valence-electron chi connectivity index (χ1n) is 27.0. The van der Waals surface area contributed by atoms with Crippen molar-refractivity contribution in [2.45, 2.75) is 307 Å². The van der Waals surface area contributed by atoms with Crippen LogP contribution in [0.1, 0.15) is 236 Å². The Hall–Kier alpha value is -2.02. The van der Waals surface area contributed by atoms with E-state index in [1.54, 1.807) is 13.8 Å². The molecule has 2 saturated carbocycles. The number of rotatable bonds is 6. The third kappa shape index (κ3) is 11.3. The van der Waals surface area contributed by atoms with E-state index in [4.69, 9.17) is 13.9 Å². The molecule has 4 spiro atoms. The molecule has 378 valence electrons. The summed E-state index contributed by atoms with van der Waals surface area (Å²) in [7, 11) is -2.30. The third-order valence-corrected chi connectivity index (χ3v) is 17.6. The largest absolute Gasteiger partial charge is 0.411 e. The lowest BCUT2D eigenvalue weighted by atomic mass is 9.70. The van der Waals surface area contributed by atoms with Crippen LogP contribution in [-0.4, -0.2) is 116 Å². The van der Waals surface area contributed by atoms with Crippen molar-refractivity contribution >= 4 is 31.9 Å². The number of carbonyl (C=O) groups is 4. The Morgan fingerprint density at radius 1 is 0.485 bits per heavy atom. The summed E-state index contributed by atoms with van der Waals surface area (Å²) in [5.41, 5.74) is -6.33. The van der Waals surface area contributed by atoms with E-state index in [2.05, 4.69) is 84.8 Å². The fourth-order valence-electron chi connectivity index (χ4n) is 15.4. The van der Waals surface area contributed by atoms with Gasteiger partial charge in [0.1, 0.15) is 11.4 Å². The first kappa shape index (κ1) is 53.3. The molecule has 0 aromatic rings. The minimum absolute atomic E-state index is 0.0149. The van der Waals surface area contributed by atoms with Crippen LogP contribution in [0.2, 0.25) is 19.6 Å². The van der Waals surface area contributed by atoms with Crippen molar-refractivity contribution in [3.63, 3.8) is 0 Å². The summed E-state index contributed by atoms with van der Waals surface area (Å²) < 4.78 is 22.7. The standard InChI is InChI=1S/C54H96N4O7Si/c1-42(59)57-47(3,4)38-51(39-48(57,5)6)45(61)55(53(64-51)32-28-24-20-16-14-17-21-25-29-33-53)36-44(63-66(11,12)13)37-56-46(62)52(40-49(7,8)58(43(2)60)50(9,10)41-52)65-54(56)34-30-26-22-18-15-19-23-27-31-35-54/h44H,14-41H2,1-13H3. The Bertz CT molecular complexity index is 1560. The van der Waals surface area contributed by atoms with E-state index >= 15 is 9.59 Å². The summed E-state index contributed by atoms with van der Waals surface area (Å²) in [6.45, 7) is 27.4. The highest BCUT2D eigenvalue weighted by atomic mass is 28.4. The van der Waals surface area contributed by atoms with Gasteiger partial charge >= 0.3 is 0 Å². The normalized spacial score (nSPS) is 28.0. The van der Waals surface area contributed by atoms with E-state index < -0.39 is 59.2 Å². The minimum Gasteiger partial charge on any atom is -0.411 e. The average molecular weight is 941 g/mol. The highest BCUT2D eigenvalue weighted by Crippen LogP contribution is 2.56. The molecule has 4 aliphatic heterocycles. The lowest BCUT2D eigenvalue weighted by Gasteiger charge is -2.57. The topological polar surface area (TPSA) is 109 Å². The molecule has 12 heteroatoms. The summed E-state index contributed by atoms with van der Waals surface area (Å²) in [6.07, 6.45) is 24.8. The number of likely N-dealkylation sites (tertiary alicyclic amines) is 2. The van der Waals surface area contributed by atoms with Crippen LogP contribution >= 0.6 is 0 Å². The molecule has 6 rings (SSSR count). The maximum absolute atomic E-state index is 16.0. The highest BCUT2D eigenvalue weighted by molar-refractivity contribution is 6.69. The molecular formula is C54H96N4O7Si. The van der Waals surface area contributed by atoms with Gasteiger partial charge in [0.15, 0.2) is 19.5 Å². The Labute approximate surface area is 403 Å². The van der Waals surface area contributed by atoms with Crippen molar-refractivity contribution in [3.8, 4) is 0 Å². The van der Waals surface area contributed by atoms with Gasteiger partial charge < -0.3 is 33.5 Å². The number of nitrogens with zero attached hydrogens (tertiary/aromatic N) is 4. The fraction of sp³-hybridized carbons (Fsp3) is 0.926. The van der Waals surface area contributed by atoms with E-state index in [-0.39, 0.29) is 23.6 Å². The van der Waals surface area contributed by atoms with E-state index in [9.17, 15) is 9.59 Å². The fourth-order valence-corrected chi connectivity index (χ4v) is 16.6. The minimum atomic E-state index is -2.30. The van der Waals surface area contributed by atoms with Crippen LogP contribution in [0.5, 0.6) is 0 Å². The molecule has 4 saturated heterocycles. The van der Waals surface area contributed by atoms with Gasteiger partial charge in [-0.15, -0.1) is 0 Å². The summed E-state index contributed by atoms with van der Waals surface area (Å²) in [5, 5.41) is 0. The molecule has 0 aromatic heterocycles. The van der Waals surface area contributed by atoms with Gasteiger partial charge in [0.05, 0.1) is 19.2 Å². The van der Waals surface area contributed by atoms with Crippen LogP contribution in [-0.2, 0) is 33.1 Å². The molecule has 0 bridgehead atoms. The van der Waals surface area contributed by atoms with Crippen LogP contribution in [0.4, 0.5) is 0 Å². The van der Waals surface area contributed by atoms with Crippen LogP contribution in [0.25, 0.3) is 0 Å². The van der Waals surface area contributed by atoms with Crippen molar-refractivity contribution in [3.05, 3.63) is 0 Å². The molecule has 2 aliphatic carbocycles. The predicted molar refractivity (Wildman–Crippen MR) is 266 cm³/mol. The predicted octanol–water partition coefficient (Wildman–Crippen LogP) is 11.8. The number of hydrogen-bond donors (Lipinski definition) is 0. The molecular weight excluding hydrogens is 845 g/mol. The zero-order valence-corrected chi connectivity index (χ0v) is 45.5. The second-order valence-electron chi connectivity index (χ2n) is 25.8. The molecule has 4 heterocycles. The first-order chi connectivity index (χ1) is 30.7. The lowest BCUT2D eigenvalue weighted by Crippen LogP contribution is -2.68. The summed E-state index contributed by atoms with van der Waals surface area (Å²) >= 11 is 0. The second-order valence-corrected chi connectivity index (χ2v) is 30.3. The van der Waals surface area contributed by atoms with E-state index in [0.717, 1.165) is 77.0 Å². The van der Waals surface area contributed by atoms with Gasteiger partial charge in [-0.1, -0.05) is 89.9 Å². The van der Waals surface area contributed by atoms with Gasteiger partial charge in [0, 0.05) is 61.7 Å². The number of amides is 4. The van der Waals surface area contributed by atoms with Crippen LogP contribution in [0, 0.1) is 0 Å². The van der Waals surface area contributed by atoms with Gasteiger partial charge in [-0.05, 0) is 126 Å². The molecule has 0 radical (unpaired) electrons. The maximum atomic E-state index is 16.0. The van der Waals surface area contributed by atoms with Crippen LogP contribution < -0.4 is 0 Å². The highest BCUT2D eigenvalue weighted by Gasteiger charge is 2.69. The molecule has 6 fully saturated rings. The first-order valence-corrected chi connectivity index (χ1v) is 30.4. The number of ether oxygens (including phenoxy) is 2. The van der Waals surface area contributed by atoms with Gasteiger partial charge in [0.2, 0.25) is 11.8 Å². The second kappa shape index (κ2) is 20.0. The Kier molecular flexibility index (Phi) is 16.2. The van der Waals surface area contributed by atoms with Crippen LogP contribution in [0.15, 0.2) is 0 Å². The molecule has 0 N–H and O–H groups in total. The van der Waals surface area contributed by atoms with E-state index in [0.29, 0.717) is 38.8 Å². The molecule has 6 aliphatic rings. The average Bonchev–Trinajstić information content (AvgIpc) is 3.46. The molecule has 0 unspecified atom stereocenters. The number of carbonyl (C=O) groups excluding carboxylic acids is 4. The van der Waals surface area contributed by atoms with Crippen LogP contribution in [0.3, 0.4) is 0 Å². The zero-order valence-electron chi connectivity index (χ0n) is 44.5. The molecule has 4 amide bonds. The Morgan fingerprint density at radius 3 is 0.955 bits per heavy atom. The number of piperidine rings is 2. The van der Waals surface area contributed by atoms with Gasteiger partial charge in [-0.3, -0.25) is 19.2 Å². The maximum Gasteiger partial charge on any atom is 0.257 e. The van der Waals surface area contributed by atoms with Gasteiger partial charge in [-0.2, -0.15) is 0 Å². The smallest absolute Gasteiger partial charge is 0.257 e. The van der Waals surface area contributed by atoms with E-state index in [1.807, 2.05) is 9.80 Å². The summed E-state index contributed by atoms with van der Waals surface area (Å²) in [5.74, 6) is 0.0658. The van der Waals surface area contributed by atoms with Gasteiger partial charge in [0.25, 0.3) is 11.8 Å². The molecule has 0 aromatic carbocycles. The van der Waals surface area contributed by atoms with Gasteiger partial charge in [-0.25, -0.2) is 0 Å². The van der Waals surface area contributed by atoms with E-state index in [1.165, 1.54) is 64.2 Å². The van der Waals surface area contributed by atoms with Crippen molar-refractivity contribution in [2.24, 2.45) is 0 Å². The monoisotopic (exact) mass is 941 g/mol. The Balaban J connectivity index is 1.45. The summed E-state index contributed by atoms with van der Waals surface area (Å²) in [4.78, 5) is 66.9. The molecule has 66 heavy (non-hydrogen) atoms. The van der Waals surface area contributed by atoms with Crippen molar-refractivity contribution in [1.82, 2.24) is 19.6 Å². The van der Waals surface area contributed by atoms with Crippen molar-refractivity contribution < 1.29 is 33.1 Å². The van der Waals surface area contributed by atoms with Crippen molar-refractivity contribution in [1.29, 1.82) is 0 Å². The van der Waals surface area contributed by atoms with Crippen molar-refractivity contribution in [2.75, 3.05) is 13.1 Å². The third-order valence-electron chi connectivity index (χ3n) is 16.5.